The topological polar surface area (TPSA) is 93.8 Å². The maximum Gasteiger partial charge on any atom is 0.227 e. The van der Waals surface area contributed by atoms with Crippen molar-refractivity contribution in [1.82, 2.24) is 20.3 Å². The summed E-state index contributed by atoms with van der Waals surface area (Å²) in [6, 6.07) is 17.2. The molecular weight excluding hydrogens is 442 g/mol. The summed E-state index contributed by atoms with van der Waals surface area (Å²) in [7, 11) is 0. The van der Waals surface area contributed by atoms with Crippen molar-refractivity contribution in [3.8, 4) is 11.4 Å². The van der Waals surface area contributed by atoms with Crippen molar-refractivity contribution in [2.24, 2.45) is 0 Å². The Morgan fingerprint density at radius 2 is 1.90 bits per heavy atom. The molecule has 2 heterocycles. The third-order valence-electron chi connectivity index (χ3n) is 4.03. The standard InChI is InChI=1S/C20H16ClN5O2S2/c21-15-9-5-4-8-14(15)12-29-20-25-24-19(30-20)22-16(27)10-11-17-23-18(26-28-17)13-6-2-1-3-7-13/h1-9H,10-12H2,(H,22,24,27). The highest BCUT2D eigenvalue weighted by Gasteiger charge is 2.13. The Bertz CT molecular complexity index is 1130. The van der Waals surface area contributed by atoms with Crippen LogP contribution < -0.4 is 5.32 Å². The summed E-state index contributed by atoms with van der Waals surface area (Å²) >= 11 is 9.01. The Kier molecular flexibility index (Phi) is 6.73. The van der Waals surface area contributed by atoms with Gasteiger partial charge in [0.1, 0.15) is 0 Å². The summed E-state index contributed by atoms with van der Waals surface area (Å²) in [5.74, 6) is 1.42. The third-order valence-corrected chi connectivity index (χ3v) is 6.42. The molecule has 30 heavy (non-hydrogen) atoms. The van der Waals surface area contributed by atoms with Crippen LogP contribution in [0.2, 0.25) is 5.02 Å². The number of carbonyl (C=O) groups excluding carboxylic acids is 1. The molecule has 0 saturated carbocycles. The number of amides is 1. The molecule has 2 aromatic heterocycles. The second-order valence-electron chi connectivity index (χ2n) is 6.18. The maximum atomic E-state index is 12.2. The smallest absolute Gasteiger partial charge is 0.227 e. The summed E-state index contributed by atoms with van der Waals surface area (Å²) in [4.78, 5) is 16.5. The Labute approximate surface area is 185 Å². The third kappa shape index (κ3) is 5.44. The van der Waals surface area contributed by atoms with Gasteiger partial charge in [-0.2, -0.15) is 4.98 Å². The van der Waals surface area contributed by atoms with Crippen LogP contribution in [0.3, 0.4) is 0 Å². The summed E-state index contributed by atoms with van der Waals surface area (Å²) < 4.78 is 5.99. The Morgan fingerprint density at radius 3 is 2.73 bits per heavy atom. The molecule has 0 radical (unpaired) electrons. The molecule has 0 aliphatic rings. The molecule has 0 bridgehead atoms. The Hall–Kier alpha value is -2.75. The van der Waals surface area contributed by atoms with Gasteiger partial charge in [-0.3, -0.25) is 4.79 Å². The van der Waals surface area contributed by atoms with Gasteiger partial charge < -0.3 is 9.84 Å². The molecule has 152 valence electrons. The van der Waals surface area contributed by atoms with E-state index in [-0.39, 0.29) is 12.3 Å². The number of hydrogen-bond acceptors (Lipinski definition) is 8. The number of rotatable bonds is 8. The van der Waals surface area contributed by atoms with Gasteiger partial charge in [0.15, 0.2) is 4.34 Å². The molecule has 10 heteroatoms. The summed E-state index contributed by atoms with van der Waals surface area (Å²) in [6.45, 7) is 0. The second kappa shape index (κ2) is 9.84. The van der Waals surface area contributed by atoms with Gasteiger partial charge in [-0.15, -0.1) is 10.2 Å². The lowest BCUT2D eigenvalue weighted by molar-refractivity contribution is -0.116. The normalized spacial score (nSPS) is 10.8. The SMILES string of the molecule is O=C(CCc1nc(-c2ccccc2)no1)Nc1nnc(SCc2ccccc2Cl)s1. The molecule has 4 aromatic rings. The minimum atomic E-state index is -0.187. The van der Waals surface area contributed by atoms with Crippen LogP contribution in [0.1, 0.15) is 17.9 Å². The van der Waals surface area contributed by atoms with Crippen LogP contribution >= 0.6 is 34.7 Å². The number of halogens is 1. The lowest BCUT2D eigenvalue weighted by Gasteiger charge is -2.00. The predicted octanol–water partition coefficient (Wildman–Crippen LogP) is 5.11. The zero-order valence-electron chi connectivity index (χ0n) is 15.6. The van der Waals surface area contributed by atoms with Crippen molar-refractivity contribution >= 4 is 45.7 Å². The lowest BCUT2D eigenvalue weighted by atomic mass is 10.2. The minimum Gasteiger partial charge on any atom is -0.339 e. The maximum absolute atomic E-state index is 12.2. The van der Waals surface area contributed by atoms with Gasteiger partial charge in [0.2, 0.25) is 22.8 Å². The van der Waals surface area contributed by atoms with Crippen LogP contribution in [0, 0.1) is 0 Å². The van der Waals surface area contributed by atoms with Gasteiger partial charge in [-0.25, -0.2) is 0 Å². The van der Waals surface area contributed by atoms with Gasteiger partial charge in [-0.05, 0) is 11.6 Å². The molecular formula is C20H16ClN5O2S2. The number of nitrogens with one attached hydrogen (secondary N) is 1. The highest BCUT2D eigenvalue weighted by atomic mass is 35.5. The van der Waals surface area contributed by atoms with Crippen LogP contribution in [0.15, 0.2) is 63.5 Å². The van der Waals surface area contributed by atoms with E-state index in [1.807, 2.05) is 54.6 Å². The monoisotopic (exact) mass is 457 g/mol. The van der Waals surface area contributed by atoms with E-state index in [0.29, 0.717) is 29.0 Å². The van der Waals surface area contributed by atoms with E-state index in [4.69, 9.17) is 16.1 Å². The lowest BCUT2D eigenvalue weighted by Crippen LogP contribution is -2.12. The number of nitrogens with zero attached hydrogens (tertiary/aromatic N) is 4. The van der Waals surface area contributed by atoms with Crippen molar-refractivity contribution in [2.45, 2.75) is 22.9 Å². The van der Waals surface area contributed by atoms with E-state index in [1.165, 1.54) is 23.1 Å². The number of hydrogen-bond donors (Lipinski definition) is 1. The molecule has 0 aliphatic carbocycles. The number of benzene rings is 2. The average Bonchev–Trinajstić information content (AvgIpc) is 3.42. The number of aromatic nitrogens is 4. The number of anilines is 1. The molecule has 0 unspecified atom stereocenters. The van der Waals surface area contributed by atoms with Gasteiger partial charge in [0.25, 0.3) is 0 Å². The molecule has 7 nitrogen and oxygen atoms in total. The van der Waals surface area contributed by atoms with E-state index < -0.39 is 0 Å². The Morgan fingerprint density at radius 1 is 1.10 bits per heavy atom. The fraction of sp³-hybridized carbons (Fsp3) is 0.150. The number of aryl methyl sites for hydroxylation is 1. The van der Waals surface area contributed by atoms with Crippen LogP contribution in [-0.2, 0) is 17.0 Å². The van der Waals surface area contributed by atoms with Gasteiger partial charge in [-0.1, -0.05) is 88.4 Å². The van der Waals surface area contributed by atoms with Gasteiger partial charge >= 0.3 is 0 Å². The van der Waals surface area contributed by atoms with Crippen LogP contribution in [-0.4, -0.2) is 26.2 Å². The van der Waals surface area contributed by atoms with Gasteiger partial charge in [0, 0.05) is 29.2 Å². The zero-order chi connectivity index (χ0) is 20.8. The van der Waals surface area contributed by atoms with Crippen molar-refractivity contribution in [3.63, 3.8) is 0 Å². The minimum absolute atomic E-state index is 0.187. The van der Waals surface area contributed by atoms with E-state index in [9.17, 15) is 4.79 Å². The largest absolute Gasteiger partial charge is 0.339 e. The molecule has 1 N–H and O–H groups in total. The molecule has 0 fully saturated rings. The molecule has 0 atom stereocenters. The fourth-order valence-electron chi connectivity index (χ4n) is 2.54. The molecule has 2 aromatic carbocycles. The number of thioether (sulfide) groups is 1. The van der Waals surface area contributed by atoms with Crippen molar-refractivity contribution < 1.29 is 9.32 Å². The summed E-state index contributed by atoms with van der Waals surface area (Å²) in [5, 5.41) is 16.0. The molecule has 0 saturated heterocycles. The average molecular weight is 458 g/mol. The van der Waals surface area contributed by atoms with E-state index in [0.717, 1.165) is 20.5 Å². The highest BCUT2D eigenvalue weighted by molar-refractivity contribution is 8.00. The quantitative estimate of drug-likeness (QED) is 0.290. The first-order valence-corrected chi connectivity index (χ1v) is 11.2. The second-order valence-corrected chi connectivity index (χ2v) is 8.79. The first-order valence-electron chi connectivity index (χ1n) is 9.05. The first kappa shape index (κ1) is 20.5. The number of carbonyl (C=O) groups is 1. The molecule has 1 amide bonds. The van der Waals surface area contributed by atoms with Gasteiger partial charge in [0.05, 0.1) is 0 Å². The van der Waals surface area contributed by atoms with E-state index >= 15 is 0 Å². The molecule has 0 aliphatic heterocycles. The Balaban J connectivity index is 1.26. The van der Waals surface area contributed by atoms with Crippen molar-refractivity contribution in [3.05, 3.63) is 71.1 Å². The van der Waals surface area contributed by atoms with Crippen molar-refractivity contribution in [1.29, 1.82) is 0 Å². The van der Waals surface area contributed by atoms with Crippen molar-refractivity contribution in [2.75, 3.05) is 5.32 Å². The molecule has 4 rings (SSSR count). The summed E-state index contributed by atoms with van der Waals surface area (Å²) in [6.07, 6.45) is 0.552. The van der Waals surface area contributed by atoms with Crippen LogP contribution in [0.5, 0.6) is 0 Å². The zero-order valence-corrected chi connectivity index (χ0v) is 18.0. The van der Waals surface area contributed by atoms with E-state index in [2.05, 4.69) is 25.7 Å². The predicted molar refractivity (Wildman–Crippen MR) is 118 cm³/mol. The highest BCUT2D eigenvalue weighted by Crippen LogP contribution is 2.30. The van der Waals surface area contributed by atoms with Crippen LogP contribution in [0.25, 0.3) is 11.4 Å². The van der Waals surface area contributed by atoms with Crippen LogP contribution in [0.4, 0.5) is 5.13 Å². The van der Waals surface area contributed by atoms with E-state index in [1.54, 1.807) is 0 Å². The molecule has 0 spiro atoms. The first-order chi connectivity index (χ1) is 14.7. The summed E-state index contributed by atoms with van der Waals surface area (Å²) in [5.41, 5.74) is 1.90. The fourth-order valence-corrected chi connectivity index (χ4v) is 4.59.